The molecule has 2 aliphatic rings. The number of aliphatic carboxylic acids is 2. The van der Waals surface area contributed by atoms with Crippen LogP contribution in [0.2, 0.25) is 0 Å². The molecule has 1 amide bonds. The molecule has 22 heavy (non-hydrogen) atoms. The first-order valence-electron chi connectivity index (χ1n) is 6.60. The number of hydrogen-bond acceptors (Lipinski definition) is 5. The summed E-state index contributed by atoms with van der Waals surface area (Å²) in [5.74, 6) is -6.20. The molecule has 0 heterocycles. The second-order valence-corrected chi connectivity index (χ2v) is 5.60. The second kappa shape index (κ2) is 5.33. The number of fused-ring (bicyclic) bond motifs is 1. The molecule has 0 aromatic carbocycles. The van der Waals surface area contributed by atoms with Crippen LogP contribution in [0.3, 0.4) is 0 Å². The molecular formula is C13H17FN2O6. The Kier molecular flexibility index (Phi) is 3.96. The molecule has 8 nitrogen and oxygen atoms in total. The first kappa shape index (κ1) is 16.4. The Morgan fingerprint density at radius 2 is 2.09 bits per heavy atom. The molecule has 9 heteroatoms. The van der Waals surface area contributed by atoms with Crippen molar-refractivity contribution in [3.63, 3.8) is 0 Å². The lowest BCUT2D eigenvalue weighted by atomic mass is 9.88. The molecule has 2 rings (SSSR count). The molecule has 0 spiro atoms. The minimum atomic E-state index is -2.34. The summed E-state index contributed by atoms with van der Waals surface area (Å²) in [5, 5.41) is 20.6. The maximum absolute atomic E-state index is 14.3. The van der Waals surface area contributed by atoms with Crippen molar-refractivity contribution in [2.45, 2.75) is 23.7 Å². The van der Waals surface area contributed by atoms with Crippen LogP contribution in [-0.4, -0.2) is 58.5 Å². The van der Waals surface area contributed by atoms with Crippen molar-refractivity contribution in [2.75, 3.05) is 13.2 Å². The van der Waals surface area contributed by atoms with E-state index < -0.39 is 60.0 Å². The van der Waals surface area contributed by atoms with Crippen molar-refractivity contribution in [2.24, 2.45) is 17.6 Å². The van der Waals surface area contributed by atoms with E-state index in [1.807, 2.05) is 0 Å². The zero-order valence-corrected chi connectivity index (χ0v) is 11.6. The molecule has 0 aliphatic heterocycles. The summed E-state index contributed by atoms with van der Waals surface area (Å²) in [6.07, 6.45) is -1.02. The molecular weight excluding hydrogens is 299 g/mol. The van der Waals surface area contributed by atoms with Crippen molar-refractivity contribution in [1.82, 2.24) is 5.32 Å². The number of carboxylic acid groups (broad SMARTS) is 2. The predicted octanol–water partition coefficient (Wildman–Crippen LogP) is -1.10. The molecule has 2 saturated carbocycles. The third-order valence-electron chi connectivity index (χ3n) is 4.33. The van der Waals surface area contributed by atoms with E-state index in [0.717, 1.165) is 0 Å². The number of rotatable bonds is 7. The van der Waals surface area contributed by atoms with Crippen LogP contribution in [-0.2, 0) is 19.1 Å². The average Bonchev–Trinajstić information content (AvgIpc) is 2.94. The van der Waals surface area contributed by atoms with E-state index in [1.165, 1.54) is 6.08 Å². The Morgan fingerprint density at radius 1 is 1.45 bits per heavy atom. The maximum atomic E-state index is 14.3. The van der Waals surface area contributed by atoms with Crippen LogP contribution in [0.25, 0.3) is 0 Å². The van der Waals surface area contributed by atoms with Crippen LogP contribution >= 0.6 is 0 Å². The SMILES string of the molecule is C=CCOCC(=O)N[C@]1(C(=O)O)[C@@H]2[C@@H](C(=O)O)C2(N)C[C@@H]1F. The Morgan fingerprint density at radius 3 is 2.59 bits per heavy atom. The quantitative estimate of drug-likeness (QED) is 0.345. The summed E-state index contributed by atoms with van der Waals surface area (Å²) >= 11 is 0. The van der Waals surface area contributed by atoms with Crippen molar-refractivity contribution < 1.29 is 33.7 Å². The number of ether oxygens (including phenoxy) is 1. The molecule has 2 aliphatic carbocycles. The van der Waals surface area contributed by atoms with E-state index in [0.29, 0.717) is 0 Å². The van der Waals surface area contributed by atoms with E-state index in [4.69, 9.17) is 15.6 Å². The summed E-state index contributed by atoms with van der Waals surface area (Å²) in [6.45, 7) is 2.95. The molecule has 1 unspecified atom stereocenters. The lowest BCUT2D eigenvalue weighted by molar-refractivity contribution is -0.153. The number of halogens is 1. The number of hydrogen-bond donors (Lipinski definition) is 4. The van der Waals surface area contributed by atoms with Crippen LogP contribution in [0.5, 0.6) is 0 Å². The average molecular weight is 316 g/mol. The monoisotopic (exact) mass is 316 g/mol. The van der Waals surface area contributed by atoms with E-state index >= 15 is 0 Å². The van der Waals surface area contributed by atoms with E-state index in [2.05, 4.69) is 11.9 Å². The zero-order valence-electron chi connectivity index (χ0n) is 11.6. The van der Waals surface area contributed by atoms with Gasteiger partial charge in [-0.3, -0.25) is 9.59 Å². The van der Waals surface area contributed by atoms with Crippen molar-refractivity contribution in [1.29, 1.82) is 0 Å². The fourth-order valence-electron chi connectivity index (χ4n) is 3.42. The third-order valence-corrected chi connectivity index (χ3v) is 4.33. The van der Waals surface area contributed by atoms with Gasteiger partial charge in [0.1, 0.15) is 12.8 Å². The smallest absolute Gasteiger partial charge is 0.332 e. The first-order valence-corrected chi connectivity index (χ1v) is 6.60. The minimum absolute atomic E-state index is 0.0640. The first-order chi connectivity index (χ1) is 10.2. The third kappa shape index (κ3) is 2.17. The molecule has 0 aromatic rings. The number of amides is 1. The number of nitrogens with two attached hydrogens (primary N) is 1. The van der Waals surface area contributed by atoms with Gasteiger partial charge in [-0.25, -0.2) is 9.18 Å². The van der Waals surface area contributed by atoms with Gasteiger partial charge >= 0.3 is 11.9 Å². The number of carboxylic acids is 2. The minimum Gasteiger partial charge on any atom is -0.481 e. The van der Waals surface area contributed by atoms with Crippen LogP contribution < -0.4 is 11.1 Å². The van der Waals surface area contributed by atoms with Crippen LogP contribution in [0.15, 0.2) is 12.7 Å². The largest absolute Gasteiger partial charge is 0.481 e. The zero-order chi connectivity index (χ0) is 16.7. The molecule has 5 N–H and O–H groups in total. The number of alkyl halides is 1. The molecule has 122 valence electrons. The summed E-state index contributed by atoms with van der Waals surface area (Å²) in [4.78, 5) is 34.5. The van der Waals surface area contributed by atoms with Crippen molar-refractivity contribution >= 4 is 17.8 Å². The highest BCUT2D eigenvalue weighted by atomic mass is 19.1. The standard InChI is InChI=1S/C13H17FN2O6/c1-2-3-22-5-7(17)16-13(11(20)21)6(14)4-12(15)8(9(12)13)10(18)19/h2,6,8-9H,1,3-5,15H2,(H,16,17)(H,18,19)(H,20,21)/t6-,8-,9+,12?,13-/m0/s1. The predicted molar refractivity (Wildman–Crippen MR) is 70.6 cm³/mol. The van der Waals surface area contributed by atoms with E-state index in [9.17, 15) is 23.9 Å². The Balaban J connectivity index is 2.22. The van der Waals surface area contributed by atoms with E-state index in [-0.39, 0.29) is 6.61 Å². The lowest BCUT2D eigenvalue weighted by Gasteiger charge is -2.30. The van der Waals surface area contributed by atoms with Crippen molar-refractivity contribution in [3.05, 3.63) is 12.7 Å². The Bertz CT molecular complexity index is 541. The van der Waals surface area contributed by atoms with Gasteiger partial charge in [0.25, 0.3) is 0 Å². The Labute approximate surface area is 125 Å². The topological polar surface area (TPSA) is 139 Å². The summed E-state index contributed by atoms with van der Waals surface area (Å²) in [7, 11) is 0. The molecule has 0 saturated heterocycles. The van der Waals surface area contributed by atoms with Gasteiger partial charge in [0.15, 0.2) is 5.54 Å². The van der Waals surface area contributed by atoms with Crippen LogP contribution in [0, 0.1) is 11.8 Å². The van der Waals surface area contributed by atoms with Gasteiger partial charge < -0.3 is 26.0 Å². The maximum Gasteiger partial charge on any atom is 0.332 e. The fraction of sp³-hybridized carbons (Fsp3) is 0.615. The van der Waals surface area contributed by atoms with Gasteiger partial charge in [0, 0.05) is 17.9 Å². The molecule has 2 fully saturated rings. The lowest BCUT2D eigenvalue weighted by Crippen LogP contribution is -2.62. The van der Waals surface area contributed by atoms with Gasteiger partial charge in [-0.05, 0) is 0 Å². The summed E-state index contributed by atoms with van der Waals surface area (Å²) < 4.78 is 19.2. The number of carbonyl (C=O) groups is 3. The Hall–Kier alpha value is -2.00. The highest BCUT2D eigenvalue weighted by molar-refractivity contribution is 5.93. The van der Waals surface area contributed by atoms with E-state index in [1.54, 1.807) is 0 Å². The highest BCUT2D eigenvalue weighted by Crippen LogP contribution is 2.64. The van der Waals surface area contributed by atoms with Crippen LogP contribution in [0.1, 0.15) is 6.42 Å². The molecule has 5 atom stereocenters. The summed E-state index contributed by atoms with van der Waals surface area (Å²) in [5.41, 5.74) is 2.02. The second-order valence-electron chi connectivity index (χ2n) is 5.60. The van der Waals surface area contributed by atoms with Gasteiger partial charge in [-0.15, -0.1) is 6.58 Å². The van der Waals surface area contributed by atoms with Gasteiger partial charge in [0.05, 0.1) is 12.5 Å². The van der Waals surface area contributed by atoms with Crippen LogP contribution in [0.4, 0.5) is 4.39 Å². The van der Waals surface area contributed by atoms with Gasteiger partial charge in [-0.1, -0.05) is 6.08 Å². The summed E-state index contributed by atoms with van der Waals surface area (Å²) in [6, 6.07) is 0. The molecule has 0 aromatic heterocycles. The number of nitrogens with one attached hydrogen (secondary N) is 1. The highest BCUT2D eigenvalue weighted by Gasteiger charge is 2.83. The van der Waals surface area contributed by atoms with Gasteiger partial charge in [0.2, 0.25) is 5.91 Å². The molecule has 0 bridgehead atoms. The fourth-order valence-corrected chi connectivity index (χ4v) is 3.42. The number of carbonyl (C=O) groups excluding carboxylic acids is 1. The van der Waals surface area contributed by atoms with Crippen molar-refractivity contribution in [3.8, 4) is 0 Å². The normalized spacial score (nSPS) is 38.9. The molecule has 0 radical (unpaired) electrons. The van der Waals surface area contributed by atoms with Gasteiger partial charge in [-0.2, -0.15) is 0 Å².